The molecule has 0 aliphatic heterocycles. The first-order valence-electron chi connectivity index (χ1n) is 11.8. The van der Waals surface area contributed by atoms with E-state index < -0.39 is 22.5 Å². The van der Waals surface area contributed by atoms with Crippen molar-refractivity contribution in [2.24, 2.45) is 5.10 Å². The fourth-order valence-corrected chi connectivity index (χ4v) is 5.44. The van der Waals surface area contributed by atoms with Crippen molar-refractivity contribution in [1.82, 2.24) is 5.43 Å². The van der Waals surface area contributed by atoms with Crippen LogP contribution < -0.4 is 14.5 Å². The van der Waals surface area contributed by atoms with Gasteiger partial charge in [-0.2, -0.15) is 5.10 Å². The van der Waals surface area contributed by atoms with Gasteiger partial charge in [0.15, 0.2) is 0 Å². The van der Waals surface area contributed by atoms with E-state index in [2.05, 4.69) is 10.5 Å². The number of carbonyl (C=O) groups excluding carboxylic acids is 1. The normalized spacial score (nSPS) is 11.3. The van der Waals surface area contributed by atoms with Gasteiger partial charge in [-0.3, -0.25) is 9.10 Å². The van der Waals surface area contributed by atoms with E-state index in [0.717, 1.165) is 9.87 Å². The van der Waals surface area contributed by atoms with Gasteiger partial charge in [0, 0.05) is 10.6 Å². The van der Waals surface area contributed by atoms with E-state index in [0.29, 0.717) is 34.2 Å². The number of benzene rings is 4. The van der Waals surface area contributed by atoms with E-state index in [1.54, 1.807) is 49.4 Å². The third-order valence-electron chi connectivity index (χ3n) is 5.60. The van der Waals surface area contributed by atoms with Gasteiger partial charge in [-0.1, -0.05) is 72.3 Å². The van der Waals surface area contributed by atoms with Crippen LogP contribution in [0.3, 0.4) is 0 Å². The molecule has 4 aromatic rings. The average Bonchev–Trinajstić information content (AvgIpc) is 2.92. The minimum absolute atomic E-state index is 0.0649. The number of carbonyl (C=O) groups is 1. The summed E-state index contributed by atoms with van der Waals surface area (Å²) in [5, 5.41) is 4.51. The van der Waals surface area contributed by atoms with Crippen LogP contribution in [0.25, 0.3) is 0 Å². The Morgan fingerprint density at radius 2 is 1.61 bits per heavy atom. The van der Waals surface area contributed by atoms with Gasteiger partial charge in [0.2, 0.25) is 0 Å². The zero-order valence-electron chi connectivity index (χ0n) is 20.6. The summed E-state index contributed by atoms with van der Waals surface area (Å²) >= 11 is 6.08. The van der Waals surface area contributed by atoms with Gasteiger partial charge >= 0.3 is 0 Å². The van der Waals surface area contributed by atoms with Crippen LogP contribution in [0.4, 0.5) is 5.69 Å². The van der Waals surface area contributed by atoms with E-state index in [1.807, 2.05) is 48.5 Å². The lowest BCUT2D eigenvalue weighted by Crippen LogP contribution is -2.40. The van der Waals surface area contributed by atoms with Crippen molar-refractivity contribution in [1.29, 1.82) is 0 Å². The monoisotopic (exact) mass is 547 g/mol. The fourth-order valence-electron chi connectivity index (χ4n) is 3.71. The predicted octanol–water partition coefficient (Wildman–Crippen LogP) is 5.57. The van der Waals surface area contributed by atoms with Crippen LogP contribution in [-0.4, -0.2) is 27.1 Å². The summed E-state index contributed by atoms with van der Waals surface area (Å²) in [6.07, 6.45) is 1.46. The van der Waals surface area contributed by atoms with E-state index in [4.69, 9.17) is 16.3 Å². The molecule has 0 unspecified atom stereocenters. The molecule has 0 aliphatic rings. The van der Waals surface area contributed by atoms with Crippen LogP contribution in [0, 0.1) is 6.92 Å². The molecule has 0 radical (unpaired) electrons. The van der Waals surface area contributed by atoms with E-state index in [1.165, 1.54) is 18.3 Å². The Balaban J connectivity index is 1.50. The summed E-state index contributed by atoms with van der Waals surface area (Å²) in [7, 11) is -4.04. The molecular weight excluding hydrogens is 522 g/mol. The molecule has 1 N–H and O–H groups in total. The van der Waals surface area contributed by atoms with Crippen LogP contribution in [0.1, 0.15) is 16.7 Å². The Labute approximate surface area is 227 Å². The zero-order chi connectivity index (χ0) is 27.0. The molecule has 0 aromatic heterocycles. The van der Waals surface area contributed by atoms with Crippen molar-refractivity contribution in [3.8, 4) is 5.75 Å². The van der Waals surface area contributed by atoms with Crippen molar-refractivity contribution in [3.63, 3.8) is 0 Å². The average molecular weight is 548 g/mol. The van der Waals surface area contributed by atoms with E-state index in [-0.39, 0.29) is 4.90 Å². The number of amides is 1. The summed E-state index contributed by atoms with van der Waals surface area (Å²) in [4.78, 5) is 12.9. The van der Waals surface area contributed by atoms with Crippen LogP contribution in [0.2, 0.25) is 5.02 Å². The standard InChI is InChI=1S/C29H26ClN3O4S/c1-22-18-25(30)16-17-27(22)33(38(35,36)26-13-6-3-7-14-26)20-29(34)32-31-19-24-12-8-9-15-28(24)37-21-23-10-4-2-5-11-23/h2-19H,20-21H2,1H3,(H,32,34)/b31-19-. The molecule has 0 atom stereocenters. The number of hydrogen-bond acceptors (Lipinski definition) is 5. The van der Waals surface area contributed by atoms with Crippen molar-refractivity contribution >= 4 is 39.4 Å². The number of rotatable bonds is 10. The lowest BCUT2D eigenvalue weighted by molar-refractivity contribution is -0.119. The second kappa shape index (κ2) is 12.4. The summed E-state index contributed by atoms with van der Waals surface area (Å²) in [5.74, 6) is -0.0165. The van der Waals surface area contributed by atoms with Crippen molar-refractivity contribution in [3.05, 3.63) is 125 Å². The molecule has 7 nitrogen and oxygen atoms in total. The van der Waals surface area contributed by atoms with Crippen LogP contribution in [-0.2, 0) is 21.4 Å². The lowest BCUT2D eigenvalue weighted by Gasteiger charge is -2.25. The highest BCUT2D eigenvalue weighted by molar-refractivity contribution is 7.92. The number of halogens is 1. The maximum absolute atomic E-state index is 13.5. The Bertz CT molecular complexity index is 1530. The summed E-state index contributed by atoms with van der Waals surface area (Å²) in [6, 6.07) is 29.8. The minimum atomic E-state index is -4.04. The highest BCUT2D eigenvalue weighted by atomic mass is 35.5. The number of hydrazone groups is 1. The third kappa shape index (κ3) is 6.79. The number of nitrogens with one attached hydrogen (secondary N) is 1. The third-order valence-corrected chi connectivity index (χ3v) is 7.60. The molecule has 1 amide bonds. The van der Waals surface area contributed by atoms with Gasteiger partial charge in [0.05, 0.1) is 16.8 Å². The second-order valence-electron chi connectivity index (χ2n) is 8.36. The Morgan fingerprint density at radius 1 is 0.947 bits per heavy atom. The Morgan fingerprint density at radius 3 is 2.32 bits per heavy atom. The molecule has 4 rings (SSSR count). The van der Waals surface area contributed by atoms with Crippen molar-refractivity contribution in [2.45, 2.75) is 18.4 Å². The Kier molecular flexibility index (Phi) is 8.78. The van der Waals surface area contributed by atoms with Gasteiger partial charge in [0.25, 0.3) is 15.9 Å². The summed E-state index contributed by atoms with van der Waals surface area (Å²) in [6.45, 7) is 1.63. The number of para-hydroxylation sites is 1. The molecule has 0 saturated heterocycles. The molecule has 4 aromatic carbocycles. The largest absolute Gasteiger partial charge is 0.488 e. The quantitative estimate of drug-likeness (QED) is 0.207. The molecule has 194 valence electrons. The van der Waals surface area contributed by atoms with Crippen LogP contribution in [0.5, 0.6) is 5.75 Å². The highest BCUT2D eigenvalue weighted by Crippen LogP contribution is 2.28. The zero-order valence-corrected chi connectivity index (χ0v) is 22.2. The molecular formula is C29H26ClN3O4S. The fraction of sp³-hybridized carbons (Fsp3) is 0.103. The van der Waals surface area contributed by atoms with Crippen molar-refractivity contribution in [2.75, 3.05) is 10.8 Å². The highest BCUT2D eigenvalue weighted by Gasteiger charge is 2.28. The van der Waals surface area contributed by atoms with E-state index >= 15 is 0 Å². The van der Waals surface area contributed by atoms with Crippen LogP contribution >= 0.6 is 11.6 Å². The Hall–Kier alpha value is -4.14. The maximum Gasteiger partial charge on any atom is 0.264 e. The number of hydrogen-bond donors (Lipinski definition) is 1. The predicted molar refractivity (Wildman–Crippen MR) is 150 cm³/mol. The first kappa shape index (κ1) is 26.9. The molecule has 0 heterocycles. The van der Waals surface area contributed by atoms with Crippen LogP contribution in [0.15, 0.2) is 113 Å². The number of ether oxygens (including phenoxy) is 1. The number of sulfonamides is 1. The molecule has 9 heteroatoms. The number of anilines is 1. The first-order chi connectivity index (χ1) is 18.3. The molecule has 0 aliphatic carbocycles. The van der Waals surface area contributed by atoms with Gasteiger partial charge < -0.3 is 4.74 Å². The maximum atomic E-state index is 13.5. The molecule has 0 fully saturated rings. The molecule has 0 bridgehead atoms. The van der Waals surface area contributed by atoms with Gasteiger partial charge in [-0.15, -0.1) is 0 Å². The van der Waals surface area contributed by atoms with Crippen molar-refractivity contribution < 1.29 is 17.9 Å². The molecule has 38 heavy (non-hydrogen) atoms. The van der Waals surface area contributed by atoms with Gasteiger partial charge in [0.1, 0.15) is 18.9 Å². The second-order valence-corrected chi connectivity index (χ2v) is 10.7. The van der Waals surface area contributed by atoms with Gasteiger partial charge in [-0.25, -0.2) is 13.8 Å². The molecule has 0 saturated carbocycles. The summed E-state index contributed by atoms with van der Waals surface area (Å²) < 4.78 is 34.0. The smallest absolute Gasteiger partial charge is 0.264 e. The first-order valence-corrected chi connectivity index (χ1v) is 13.6. The number of aryl methyl sites for hydroxylation is 1. The lowest BCUT2D eigenvalue weighted by atomic mass is 10.2. The van der Waals surface area contributed by atoms with E-state index in [9.17, 15) is 13.2 Å². The number of nitrogens with zero attached hydrogens (tertiary/aromatic N) is 2. The topological polar surface area (TPSA) is 88.1 Å². The SMILES string of the molecule is Cc1cc(Cl)ccc1N(CC(=O)N/N=C\c1ccccc1OCc1ccccc1)S(=O)(=O)c1ccccc1. The van der Waals surface area contributed by atoms with Gasteiger partial charge in [-0.05, 0) is 60.5 Å². The minimum Gasteiger partial charge on any atom is -0.488 e. The molecule has 0 spiro atoms. The summed E-state index contributed by atoms with van der Waals surface area (Å²) in [5.41, 5.74) is 5.06.